The highest BCUT2D eigenvalue weighted by Crippen LogP contribution is 2.25. The molecule has 1 N–H and O–H groups in total. The first kappa shape index (κ1) is 17.3. The van der Waals surface area contributed by atoms with Crippen LogP contribution >= 0.6 is 0 Å². The van der Waals surface area contributed by atoms with E-state index in [4.69, 9.17) is 0 Å². The van der Waals surface area contributed by atoms with Crippen molar-refractivity contribution >= 4 is 11.7 Å². The maximum Gasteiger partial charge on any atom is 0.318 e. The van der Waals surface area contributed by atoms with E-state index in [0.717, 1.165) is 18.8 Å². The molecule has 2 heterocycles. The second-order valence-corrected chi connectivity index (χ2v) is 6.51. The summed E-state index contributed by atoms with van der Waals surface area (Å²) in [5.74, 6) is 0.938. The molecule has 0 aliphatic carbocycles. The third kappa shape index (κ3) is 3.75. The number of nitrogens with one attached hydrogen (secondary N) is 1. The topological polar surface area (TPSA) is 66.3 Å². The summed E-state index contributed by atoms with van der Waals surface area (Å²) in [5.41, 5.74) is 2.37. The first-order chi connectivity index (χ1) is 12.1. The number of carbonyl (C=O) groups is 1. The summed E-state index contributed by atoms with van der Waals surface area (Å²) in [6, 6.07) is 8.38. The quantitative estimate of drug-likeness (QED) is 0.921. The lowest BCUT2D eigenvalue weighted by Gasteiger charge is -2.28. The largest absolute Gasteiger partial charge is 0.372 e. The zero-order valence-corrected chi connectivity index (χ0v) is 15.1. The third-order valence-electron chi connectivity index (χ3n) is 4.72. The Bertz CT molecular complexity index is 728. The zero-order chi connectivity index (χ0) is 17.8. The standard InChI is InChI=1S/C18H26N6O/c1-4-17-21-20-13-23(17)10-9-19-18(25)24-12-15-7-5-6-8-16(15)22(3)11-14(24)2/h5-8,13-14H,4,9-12H2,1-3H3,(H,19,25). The van der Waals surface area contributed by atoms with Gasteiger partial charge in [0.2, 0.25) is 0 Å². The van der Waals surface area contributed by atoms with Crippen LogP contribution in [0.1, 0.15) is 25.2 Å². The molecule has 1 aliphatic heterocycles. The lowest BCUT2D eigenvalue weighted by Crippen LogP contribution is -2.47. The van der Waals surface area contributed by atoms with Gasteiger partial charge in [0.15, 0.2) is 0 Å². The van der Waals surface area contributed by atoms with Gasteiger partial charge < -0.3 is 19.7 Å². The van der Waals surface area contributed by atoms with E-state index in [9.17, 15) is 4.79 Å². The summed E-state index contributed by atoms with van der Waals surface area (Å²) >= 11 is 0. The SMILES string of the molecule is CCc1nncn1CCNC(=O)N1Cc2ccccc2N(C)CC1C. The van der Waals surface area contributed by atoms with Gasteiger partial charge in [-0.15, -0.1) is 10.2 Å². The van der Waals surface area contributed by atoms with Crippen LogP contribution in [-0.2, 0) is 19.5 Å². The number of hydrogen-bond acceptors (Lipinski definition) is 4. The number of urea groups is 1. The van der Waals surface area contributed by atoms with Crippen LogP contribution in [0.3, 0.4) is 0 Å². The van der Waals surface area contributed by atoms with Crippen molar-refractivity contribution in [2.75, 3.05) is 25.0 Å². The predicted octanol–water partition coefficient (Wildman–Crippen LogP) is 1.89. The number of likely N-dealkylation sites (N-methyl/N-ethyl adjacent to an activating group) is 1. The second kappa shape index (κ2) is 7.55. The van der Waals surface area contributed by atoms with Gasteiger partial charge in [0.05, 0.1) is 0 Å². The summed E-state index contributed by atoms with van der Waals surface area (Å²) in [7, 11) is 2.08. The predicted molar refractivity (Wildman–Crippen MR) is 97.5 cm³/mol. The van der Waals surface area contributed by atoms with Crippen molar-refractivity contribution in [2.45, 2.75) is 39.4 Å². The van der Waals surface area contributed by atoms with Gasteiger partial charge in [0.25, 0.3) is 0 Å². The first-order valence-corrected chi connectivity index (χ1v) is 8.80. The summed E-state index contributed by atoms with van der Waals surface area (Å²) < 4.78 is 1.98. The smallest absolute Gasteiger partial charge is 0.318 e. The number of anilines is 1. The molecule has 134 valence electrons. The molecule has 25 heavy (non-hydrogen) atoms. The van der Waals surface area contributed by atoms with E-state index in [2.05, 4.69) is 46.5 Å². The van der Waals surface area contributed by atoms with E-state index in [1.165, 1.54) is 11.3 Å². The minimum Gasteiger partial charge on any atom is -0.372 e. The monoisotopic (exact) mass is 342 g/mol. The Balaban J connectivity index is 1.63. The maximum absolute atomic E-state index is 12.7. The average molecular weight is 342 g/mol. The van der Waals surface area contributed by atoms with Crippen molar-refractivity contribution in [2.24, 2.45) is 0 Å². The molecule has 1 atom stereocenters. The molecular weight excluding hydrogens is 316 g/mol. The van der Waals surface area contributed by atoms with Gasteiger partial charge in [-0.25, -0.2) is 4.79 Å². The second-order valence-electron chi connectivity index (χ2n) is 6.51. The van der Waals surface area contributed by atoms with Crippen LogP contribution in [0.25, 0.3) is 0 Å². The summed E-state index contributed by atoms with van der Waals surface area (Å²) in [4.78, 5) is 16.8. The van der Waals surface area contributed by atoms with E-state index in [1.807, 2.05) is 28.5 Å². The normalized spacial score (nSPS) is 17.2. The number of fused-ring (bicyclic) bond motifs is 1. The van der Waals surface area contributed by atoms with Gasteiger partial charge in [0.1, 0.15) is 12.2 Å². The minimum absolute atomic E-state index is 0.0243. The zero-order valence-electron chi connectivity index (χ0n) is 15.1. The molecule has 0 bridgehead atoms. The highest BCUT2D eigenvalue weighted by Gasteiger charge is 2.26. The van der Waals surface area contributed by atoms with Crippen molar-refractivity contribution in [1.82, 2.24) is 25.0 Å². The molecule has 0 saturated carbocycles. The molecule has 0 fully saturated rings. The third-order valence-corrected chi connectivity index (χ3v) is 4.72. The van der Waals surface area contributed by atoms with Crippen LogP contribution in [0.15, 0.2) is 30.6 Å². The highest BCUT2D eigenvalue weighted by molar-refractivity contribution is 5.75. The number of carbonyl (C=O) groups excluding carboxylic acids is 1. The Labute approximate surface area is 148 Å². The average Bonchev–Trinajstić information content (AvgIpc) is 3.02. The van der Waals surface area contributed by atoms with Gasteiger partial charge in [0, 0.05) is 51.4 Å². The fourth-order valence-electron chi connectivity index (χ4n) is 3.35. The van der Waals surface area contributed by atoms with Gasteiger partial charge in [-0.2, -0.15) is 0 Å². The molecule has 0 radical (unpaired) electrons. The number of amides is 2. The molecular formula is C18H26N6O. The van der Waals surface area contributed by atoms with Gasteiger partial charge in [-0.05, 0) is 18.6 Å². The summed E-state index contributed by atoms with van der Waals surface area (Å²) in [6.45, 7) is 6.82. The van der Waals surface area contributed by atoms with Crippen molar-refractivity contribution < 1.29 is 4.79 Å². The van der Waals surface area contributed by atoms with Crippen molar-refractivity contribution in [1.29, 1.82) is 0 Å². The van der Waals surface area contributed by atoms with Crippen LogP contribution in [0.4, 0.5) is 10.5 Å². The molecule has 7 heteroatoms. The van der Waals surface area contributed by atoms with Gasteiger partial charge in [-0.1, -0.05) is 25.1 Å². The Morgan fingerprint density at radius 1 is 1.36 bits per heavy atom. The van der Waals surface area contributed by atoms with Crippen molar-refractivity contribution in [3.05, 3.63) is 42.0 Å². The molecule has 1 aliphatic rings. The van der Waals surface area contributed by atoms with E-state index in [1.54, 1.807) is 6.33 Å². The molecule has 2 aromatic rings. The van der Waals surface area contributed by atoms with E-state index in [-0.39, 0.29) is 12.1 Å². The number of rotatable bonds is 4. The fraction of sp³-hybridized carbons (Fsp3) is 0.500. The fourth-order valence-corrected chi connectivity index (χ4v) is 3.35. The van der Waals surface area contributed by atoms with Crippen LogP contribution in [0.5, 0.6) is 0 Å². The molecule has 7 nitrogen and oxygen atoms in total. The van der Waals surface area contributed by atoms with Crippen LogP contribution in [0, 0.1) is 0 Å². The van der Waals surface area contributed by atoms with Crippen LogP contribution in [-0.4, -0.2) is 51.9 Å². The van der Waals surface area contributed by atoms with E-state index in [0.29, 0.717) is 19.6 Å². The number of para-hydroxylation sites is 1. The van der Waals surface area contributed by atoms with Crippen molar-refractivity contribution in [3.63, 3.8) is 0 Å². The van der Waals surface area contributed by atoms with Crippen molar-refractivity contribution in [3.8, 4) is 0 Å². The molecule has 1 aromatic carbocycles. The molecule has 2 amide bonds. The van der Waals surface area contributed by atoms with E-state index < -0.39 is 0 Å². The number of benzene rings is 1. The highest BCUT2D eigenvalue weighted by atomic mass is 16.2. The Kier molecular flexibility index (Phi) is 5.21. The summed E-state index contributed by atoms with van der Waals surface area (Å²) in [5, 5.41) is 11.0. The van der Waals surface area contributed by atoms with Crippen LogP contribution in [0.2, 0.25) is 0 Å². The minimum atomic E-state index is -0.0243. The Hall–Kier alpha value is -2.57. The molecule has 1 unspecified atom stereocenters. The lowest BCUT2D eigenvalue weighted by molar-refractivity contribution is 0.178. The molecule has 0 spiro atoms. The van der Waals surface area contributed by atoms with Crippen LogP contribution < -0.4 is 10.2 Å². The Morgan fingerprint density at radius 3 is 2.96 bits per heavy atom. The first-order valence-electron chi connectivity index (χ1n) is 8.80. The number of nitrogens with zero attached hydrogens (tertiary/aromatic N) is 5. The summed E-state index contributed by atoms with van der Waals surface area (Å²) in [6.07, 6.45) is 2.55. The number of hydrogen-bond donors (Lipinski definition) is 1. The number of aromatic nitrogens is 3. The Morgan fingerprint density at radius 2 is 2.16 bits per heavy atom. The van der Waals surface area contributed by atoms with Gasteiger partial charge >= 0.3 is 6.03 Å². The molecule has 0 saturated heterocycles. The molecule has 3 rings (SSSR count). The molecule has 1 aromatic heterocycles. The lowest BCUT2D eigenvalue weighted by atomic mass is 10.1. The maximum atomic E-state index is 12.7. The van der Waals surface area contributed by atoms with E-state index >= 15 is 0 Å². The number of aryl methyl sites for hydroxylation is 1. The van der Waals surface area contributed by atoms with Gasteiger partial charge in [-0.3, -0.25) is 0 Å².